The van der Waals surface area contributed by atoms with Crippen LogP contribution < -0.4 is 5.32 Å². The number of ether oxygens (including phenoxy) is 1. The van der Waals surface area contributed by atoms with Crippen LogP contribution in [0.25, 0.3) is 5.78 Å². The summed E-state index contributed by atoms with van der Waals surface area (Å²) >= 11 is 0. The molecule has 0 atom stereocenters. The Bertz CT molecular complexity index is 1310. The number of hydrogen-bond acceptors (Lipinski definition) is 7. The van der Waals surface area contributed by atoms with Gasteiger partial charge in [-0.05, 0) is 26.0 Å². The number of benzene rings is 1. The van der Waals surface area contributed by atoms with Gasteiger partial charge in [0.1, 0.15) is 0 Å². The highest BCUT2D eigenvalue weighted by molar-refractivity contribution is 6.02. The van der Waals surface area contributed by atoms with Crippen molar-refractivity contribution in [1.82, 2.24) is 19.6 Å². The molecule has 186 valence electrons. The molecule has 0 aliphatic heterocycles. The number of halogens is 3. The standard InChI is InChI=1S/C23H24F3N5O4/c1-12-15(13(2)31-21(27-12)29-20(30-31)23(24,25)26)10-18(33)28-16-9-7-6-8-14(16)19(34)35-11-17(32)22(3,4)5/h6-9H,10-11H2,1-5H3,(H,28,33). The lowest BCUT2D eigenvalue weighted by Crippen LogP contribution is -2.26. The SMILES string of the molecule is Cc1nc2nc(C(F)(F)F)nn2c(C)c1CC(=O)Nc1ccccc1C(=O)OCC(=O)C(C)(C)C. The Morgan fingerprint density at radius 1 is 1.06 bits per heavy atom. The van der Waals surface area contributed by atoms with Gasteiger partial charge in [0.2, 0.25) is 5.91 Å². The summed E-state index contributed by atoms with van der Waals surface area (Å²) in [5.74, 6) is -3.14. The molecule has 0 bridgehead atoms. The van der Waals surface area contributed by atoms with Crippen molar-refractivity contribution in [2.75, 3.05) is 11.9 Å². The number of rotatable bonds is 6. The minimum Gasteiger partial charge on any atom is -0.454 e. The number of nitrogens with one attached hydrogen (secondary N) is 1. The molecule has 0 fully saturated rings. The highest BCUT2D eigenvalue weighted by atomic mass is 19.4. The predicted octanol–water partition coefficient (Wildman–Crippen LogP) is 3.71. The average molecular weight is 491 g/mol. The van der Waals surface area contributed by atoms with Gasteiger partial charge >= 0.3 is 12.1 Å². The van der Waals surface area contributed by atoms with E-state index in [0.717, 1.165) is 4.52 Å². The fourth-order valence-electron chi connectivity index (χ4n) is 3.13. The second kappa shape index (κ2) is 9.43. The number of carbonyl (C=O) groups excluding carboxylic acids is 3. The van der Waals surface area contributed by atoms with Crippen LogP contribution in [-0.4, -0.2) is 43.8 Å². The lowest BCUT2D eigenvalue weighted by Gasteiger charge is -2.17. The first-order valence-corrected chi connectivity index (χ1v) is 10.6. The van der Waals surface area contributed by atoms with Crippen LogP contribution in [-0.2, 0) is 26.9 Å². The number of para-hydroxylation sites is 1. The first-order chi connectivity index (χ1) is 16.2. The molecule has 9 nitrogen and oxygen atoms in total. The van der Waals surface area contributed by atoms with Crippen LogP contribution in [0, 0.1) is 19.3 Å². The van der Waals surface area contributed by atoms with Crippen LogP contribution in [0.2, 0.25) is 0 Å². The fraction of sp³-hybridized carbons (Fsp3) is 0.391. The quantitative estimate of drug-likeness (QED) is 0.523. The van der Waals surface area contributed by atoms with Gasteiger partial charge in [0.25, 0.3) is 11.6 Å². The first kappa shape index (κ1) is 25.8. The number of carbonyl (C=O) groups is 3. The van der Waals surface area contributed by atoms with Crippen molar-refractivity contribution in [1.29, 1.82) is 0 Å². The van der Waals surface area contributed by atoms with Crippen molar-refractivity contribution in [2.24, 2.45) is 5.41 Å². The number of amides is 1. The summed E-state index contributed by atoms with van der Waals surface area (Å²) in [5.41, 5.74) is 0.498. The lowest BCUT2D eigenvalue weighted by atomic mass is 9.91. The van der Waals surface area contributed by atoms with E-state index in [-0.39, 0.29) is 34.9 Å². The number of hydrogen-bond donors (Lipinski definition) is 1. The Hall–Kier alpha value is -3.83. The number of ketones is 1. The third-order valence-electron chi connectivity index (χ3n) is 5.23. The van der Waals surface area contributed by atoms with Crippen molar-refractivity contribution in [3.8, 4) is 0 Å². The molecule has 1 aromatic carbocycles. The van der Waals surface area contributed by atoms with Crippen LogP contribution in [0.4, 0.5) is 18.9 Å². The molecule has 0 aliphatic rings. The van der Waals surface area contributed by atoms with Gasteiger partial charge in [-0.15, -0.1) is 5.10 Å². The molecular formula is C23H24F3N5O4. The Morgan fingerprint density at radius 2 is 1.71 bits per heavy atom. The molecule has 1 N–H and O–H groups in total. The van der Waals surface area contributed by atoms with E-state index in [1.807, 2.05) is 0 Å². The van der Waals surface area contributed by atoms with Crippen LogP contribution in [0.3, 0.4) is 0 Å². The molecule has 12 heteroatoms. The van der Waals surface area contributed by atoms with E-state index >= 15 is 0 Å². The third-order valence-corrected chi connectivity index (χ3v) is 5.23. The number of Topliss-reactive ketones (excluding diaryl/α,β-unsaturated/α-hetero) is 1. The average Bonchev–Trinajstić information content (AvgIpc) is 3.19. The summed E-state index contributed by atoms with van der Waals surface area (Å²) < 4.78 is 45.0. The molecule has 2 heterocycles. The van der Waals surface area contributed by atoms with E-state index in [0.29, 0.717) is 11.3 Å². The maximum Gasteiger partial charge on any atom is 0.453 e. The number of fused-ring (bicyclic) bond motifs is 1. The van der Waals surface area contributed by atoms with E-state index in [9.17, 15) is 27.6 Å². The van der Waals surface area contributed by atoms with E-state index in [1.165, 1.54) is 19.1 Å². The minimum atomic E-state index is -4.73. The summed E-state index contributed by atoms with van der Waals surface area (Å²) in [6.07, 6.45) is -4.98. The number of esters is 1. The normalized spacial score (nSPS) is 12.0. The van der Waals surface area contributed by atoms with Gasteiger partial charge in [-0.2, -0.15) is 18.2 Å². The minimum absolute atomic E-state index is 0.0516. The molecule has 2 aromatic heterocycles. The first-order valence-electron chi connectivity index (χ1n) is 10.6. The van der Waals surface area contributed by atoms with E-state index in [4.69, 9.17) is 4.74 Å². The van der Waals surface area contributed by atoms with Gasteiger partial charge < -0.3 is 10.1 Å². The second-order valence-corrected chi connectivity index (χ2v) is 8.93. The largest absolute Gasteiger partial charge is 0.454 e. The van der Waals surface area contributed by atoms with Crippen LogP contribution in [0.5, 0.6) is 0 Å². The Balaban J connectivity index is 1.79. The molecule has 1 amide bonds. The zero-order valence-electron chi connectivity index (χ0n) is 19.8. The number of aromatic nitrogens is 4. The number of aryl methyl sites for hydroxylation is 2. The van der Waals surface area contributed by atoms with Gasteiger partial charge in [-0.3, -0.25) is 9.59 Å². The van der Waals surface area contributed by atoms with Gasteiger partial charge in [0.15, 0.2) is 12.4 Å². The number of alkyl halides is 3. The summed E-state index contributed by atoms with van der Waals surface area (Å²) in [5, 5.41) is 6.08. The van der Waals surface area contributed by atoms with Crippen molar-refractivity contribution < 1.29 is 32.3 Å². The molecular weight excluding hydrogens is 467 g/mol. The third kappa shape index (κ3) is 5.81. The summed E-state index contributed by atoms with van der Waals surface area (Å²) in [4.78, 5) is 44.8. The summed E-state index contributed by atoms with van der Waals surface area (Å²) in [6, 6.07) is 6.11. The molecule has 3 aromatic rings. The van der Waals surface area contributed by atoms with Crippen molar-refractivity contribution in [3.63, 3.8) is 0 Å². The number of nitrogens with zero attached hydrogens (tertiary/aromatic N) is 4. The highest BCUT2D eigenvalue weighted by Gasteiger charge is 2.37. The van der Waals surface area contributed by atoms with Gasteiger partial charge in [-0.25, -0.2) is 14.3 Å². The van der Waals surface area contributed by atoms with Crippen LogP contribution in [0.1, 0.15) is 53.9 Å². The van der Waals surface area contributed by atoms with Crippen molar-refractivity contribution >= 4 is 29.1 Å². The Labute approximate surface area is 198 Å². The lowest BCUT2D eigenvalue weighted by molar-refractivity contribution is -0.144. The summed E-state index contributed by atoms with van der Waals surface area (Å²) in [7, 11) is 0. The molecule has 0 saturated heterocycles. The molecule has 0 aliphatic carbocycles. The molecule has 3 rings (SSSR count). The molecule has 0 saturated carbocycles. The maximum atomic E-state index is 13.0. The van der Waals surface area contributed by atoms with Crippen LogP contribution >= 0.6 is 0 Å². The molecule has 0 unspecified atom stereocenters. The zero-order valence-corrected chi connectivity index (χ0v) is 19.8. The predicted molar refractivity (Wildman–Crippen MR) is 119 cm³/mol. The van der Waals surface area contributed by atoms with Crippen LogP contribution in [0.15, 0.2) is 24.3 Å². The molecule has 0 spiro atoms. The topological polar surface area (TPSA) is 116 Å². The smallest absolute Gasteiger partial charge is 0.453 e. The highest BCUT2D eigenvalue weighted by Crippen LogP contribution is 2.27. The fourth-order valence-corrected chi connectivity index (χ4v) is 3.13. The van der Waals surface area contributed by atoms with Crippen molar-refractivity contribution in [3.05, 3.63) is 52.6 Å². The second-order valence-electron chi connectivity index (χ2n) is 8.93. The van der Waals surface area contributed by atoms with Gasteiger partial charge in [0.05, 0.1) is 17.7 Å². The van der Waals surface area contributed by atoms with E-state index in [1.54, 1.807) is 39.8 Å². The Morgan fingerprint density at radius 3 is 2.34 bits per heavy atom. The monoisotopic (exact) mass is 491 g/mol. The van der Waals surface area contributed by atoms with E-state index < -0.39 is 35.9 Å². The Kier molecular flexibility index (Phi) is 6.95. The molecule has 0 radical (unpaired) electrons. The number of anilines is 1. The van der Waals surface area contributed by atoms with Crippen molar-refractivity contribution in [2.45, 2.75) is 47.2 Å². The molecule has 35 heavy (non-hydrogen) atoms. The van der Waals surface area contributed by atoms with Gasteiger partial charge in [0, 0.05) is 22.4 Å². The van der Waals surface area contributed by atoms with Gasteiger partial charge in [-0.1, -0.05) is 32.9 Å². The summed E-state index contributed by atoms with van der Waals surface area (Å²) in [6.45, 7) is 7.77. The van der Waals surface area contributed by atoms with E-state index in [2.05, 4.69) is 20.4 Å². The maximum absolute atomic E-state index is 13.0. The zero-order chi connectivity index (χ0) is 26.1.